The first-order valence-corrected chi connectivity index (χ1v) is 9.02. The zero-order valence-corrected chi connectivity index (χ0v) is 13.3. The second kappa shape index (κ2) is 6.20. The summed E-state index contributed by atoms with van der Waals surface area (Å²) in [7, 11) is 0. The fourth-order valence-electron chi connectivity index (χ4n) is 3.28. The third kappa shape index (κ3) is 2.67. The molecular formula is C16H20N4OS. The molecule has 2 saturated heterocycles. The van der Waals surface area contributed by atoms with Gasteiger partial charge in [0.05, 0.1) is 12.3 Å². The molecule has 0 N–H and O–H groups in total. The fraction of sp³-hybridized carbons (Fsp3) is 0.500. The standard InChI is InChI=1S/C16H20N4OS/c1-3-13(14-4-2-8-21-14)20(5-1)16-11-15(17-12-18-16)19-6-9-22-10-7-19/h2,4,8,11-13H,1,3,5-7,9-10H2/t13-/m0/s1. The van der Waals surface area contributed by atoms with Crippen LogP contribution in [-0.2, 0) is 0 Å². The third-order valence-corrected chi connectivity index (χ3v) is 5.33. The molecule has 0 aromatic carbocycles. The summed E-state index contributed by atoms with van der Waals surface area (Å²) in [6.45, 7) is 3.17. The molecule has 0 amide bonds. The van der Waals surface area contributed by atoms with Crippen LogP contribution in [0.4, 0.5) is 11.6 Å². The molecule has 0 radical (unpaired) electrons. The Bertz CT molecular complexity index is 612. The number of rotatable bonds is 3. The van der Waals surface area contributed by atoms with Crippen LogP contribution in [0, 0.1) is 0 Å². The van der Waals surface area contributed by atoms with Crippen LogP contribution in [0.15, 0.2) is 35.2 Å². The average molecular weight is 316 g/mol. The van der Waals surface area contributed by atoms with Crippen LogP contribution in [0.5, 0.6) is 0 Å². The van der Waals surface area contributed by atoms with Crippen LogP contribution >= 0.6 is 11.8 Å². The Morgan fingerprint density at radius 1 is 1.14 bits per heavy atom. The van der Waals surface area contributed by atoms with Gasteiger partial charge < -0.3 is 14.2 Å². The lowest BCUT2D eigenvalue weighted by molar-refractivity contribution is 0.464. The van der Waals surface area contributed by atoms with Crippen molar-refractivity contribution in [2.75, 3.05) is 40.9 Å². The Labute approximate surface area is 134 Å². The zero-order chi connectivity index (χ0) is 14.8. The van der Waals surface area contributed by atoms with E-state index in [1.54, 1.807) is 12.6 Å². The van der Waals surface area contributed by atoms with Crippen molar-refractivity contribution < 1.29 is 4.42 Å². The van der Waals surface area contributed by atoms with Gasteiger partial charge in [-0.3, -0.25) is 0 Å². The first-order valence-electron chi connectivity index (χ1n) is 7.86. The van der Waals surface area contributed by atoms with Gasteiger partial charge in [-0.25, -0.2) is 9.97 Å². The SMILES string of the molecule is c1coc([C@@H]2CCCN2c2cc(N3CCSCC3)ncn2)c1. The maximum absolute atomic E-state index is 5.62. The molecule has 116 valence electrons. The lowest BCUT2D eigenvalue weighted by Crippen LogP contribution is -2.33. The summed E-state index contributed by atoms with van der Waals surface area (Å²) >= 11 is 2.01. The normalized spacial score (nSPS) is 22.3. The summed E-state index contributed by atoms with van der Waals surface area (Å²) in [5, 5.41) is 0. The predicted octanol–water partition coefficient (Wildman–Crippen LogP) is 2.96. The molecule has 2 aromatic rings. The fourth-order valence-corrected chi connectivity index (χ4v) is 4.18. The van der Waals surface area contributed by atoms with Crippen molar-refractivity contribution in [1.82, 2.24) is 9.97 Å². The van der Waals surface area contributed by atoms with Crippen molar-refractivity contribution in [2.24, 2.45) is 0 Å². The van der Waals surface area contributed by atoms with E-state index in [1.807, 2.05) is 17.8 Å². The van der Waals surface area contributed by atoms with Crippen molar-refractivity contribution in [3.8, 4) is 0 Å². The van der Waals surface area contributed by atoms with Crippen molar-refractivity contribution in [2.45, 2.75) is 18.9 Å². The van der Waals surface area contributed by atoms with E-state index < -0.39 is 0 Å². The highest BCUT2D eigenvalue weighted by molar-refractivity contribution is 7.99. The topological polar surface area (TPSA) is 45.4 Å². The van der Waals surface area contributed by atoms with Crippen LogP contribution in [0.3, 0.4) is 0 Å². The third-order valence-electron chi connectivity index (χ3n) is 4.39. The Hall–Kier alpha value is -1.69. The largest absolute Gasteiger partial charge is 0.467 e. The molecule has 22 heavy (non-hydrogen) atoms. The van der Waals surface area contributed by atoms with Gasteiger partial charge in [0.2, 0.25) is 0 Å². The lowest BCUT2D eigenvalue weighted by atomic mass is 10.1. The summed E-state index contributed by atoms with van der Waals surface area (Å²) in [4.78, 5) is 13.7. The molecule has 0 bridgehead atoms. The zero-order valence-electron chi connectivity index (χ0n) is 12.5. The molecule has 2 aromatic heterocycles. The van der Waals surface area contributed by atoms with Gasteiger partial charge in [0.15, 0.2) is 0 Å². The Kier molecular flexibility index (Phi) is 3.93. The average Bonchev–Trinajstić information content (AvgIpc) is 3.27. The van der Waals surface area contributed by atoms with Gasteiger partial charge in [0.1, 0.15) is 23.7 Å². The summed E-state index contributed by atoms with van der Waals surface area (Å²) in [5.74, 6) is 5.46. The predicted molar refractivity (Wildman–Crippen MR) is 89.6 cm³/mol. The summed E-state index contributed by atoms with van der Waals surface area (Å²) < 4.78 is 5.62. The first-order chi connectivity index (χ1) is 10.9. The van der Waals surface area contributed by atoms with Gasteiger partial charge in [0.25, 0.3) is 0 Å². The van der Waals surface area contributed by atoms with E-state index in [2.05, 4.69) is 31.9 Å². The van der Waals surface area contributed by atoms with Crippen LogP contribution in [-0.4, -0.2) is 41.1 Å². The summed E-state index contributed by atoms with van der Waals surface area (Å²) in [6.07, 6.45) is 5.74. The smallest absolute Gasteiger partial charge is 0.134 e. The lowest BCUT2D eigenvalue weighted by Gasteiger charge is -2.29. The van der Waals surface area contributed by atoms with Gasteiger partial charge in [0, 0.05) is 37.2 Å². The molecule has 0 aliphatic carbocycles. The molecule has 0 unspecified atom stereocenters. The number of thioether (sulfide) groups is 1. The minimum absolute atomic E-state index is 0.301. The molecule has 2 aliphatic heterocycles. The van der Waals surface area contributed by atoms with Gasteiger partial charge in [-0.05, 0) is 25.0 Å². The molecular weight excluding hydrogens is 296 g/mol. The molecule has 2 fully saturated rings. The van der Waals surface area contributed by atoms with E-state index >= 15 is 0 Å². The van der Waals surface area contributed by atoms with Crippen LogP contribution in [0.1, 0.15) is 24.6 Å². The van der Waals surface area contributed by atoms with E-state index in [4.69, 9.17) is 4.42 Å². The van der Waals surface area contributed by atoms with E-state index in [-0.39, 0.29) is 0 Å². The second-order valence-corrected chi connectivity index (χ2v) is 6.93. The van der Waals surface area contributed by atoms with Crippen molar-refractivity contribution in [3.05, 3.63) is 36.5 Å². The van der Waals surface area contributed by atoms with E-state index in [0.717, 1.165) is 43.5 Å². The maximum Gasteiger partial charge on any atom is 0.134 e. The molecule has 1 atom stereocenters. The highest BCUT2D eigenvalue weighted by Crippen LogP contribution is 2.36. The number of anilines is 2. The van der Waals surface area contributed by atoms with Crippen LogP contribution < -0.4 is 9.80 Å². The minimum atomic E-state index is 0.301. The van der Waals surface area contributed by atoms with Gasteiger partial charge in [-0.2, -0.15) is 11.8 Å². The van der Waals surface area contributed by atoms with Crippen LogP contribution in [0.2, 0.25) is 0 Å². The van der Waals surface area contributed by atoms with Gasteiger partial charge >= 0.3 is 0 Å². The van der Waals surface area contributed by atoms with Crippen LogP contribution in [0.25, 0.3) is 0 Å². The summed E-state index contributed by atoms with van der Waals surface area (Å²) in [5.41, 5.74) is 0. The first kappa shape index (κ1) is 13.9. The molecule has 4 heterocycles. The molecule has 4 rings (SSSR count). The minimum Gasteiger partial charge on any atom is -0.467 e. The van der Waals surface area contributed by atoms with Crippen molar-refractivity contribution in [1.29, 1.82) is 0 Å². The van der Waals surface area contributed by atoms with Gasteiger partial charge in [-0.15, -0.1) is 0 Å². The molecule has 0 saturated carbocycles. The molecule has 0 spiro atoms. The molecule has 6 heteroatoms. The Morgan fingerprint density at radius 2 is 2.00 bits per heavy atom. The quantitative estimate of drug-likeness (QED) is 0.867. The number of hydrogen-bond donors (Lipinski definition) is 0. The monoisotopic (exact) mass is 316 g/mol. The number of hydrogen-bond acceptors (Lipinski definition) is 6. The van der Waals surface area contributed by atoms with Crippen molar-refractivity contribution >= 4 is 23.4 Å². The van der Waals surface area contributed by atoms with E-state index in [9.17, 15) is 0 Å². The Morgan fingerprint density at radius 3 is 2.82 bits per heavy atom. The highest BCUT2D eigenvalue weighted by atomic mass is 32.2. The van der Waals surface area contributed by atoms with Crippen molar-refractivity contribution in [3.63, 3.8) is 0 Å². The van der Waals surface area contributed by atoms with Gasteiger partial charge in [-0.1, -0.05) is 0 Å². The number of furan rings is 1. The molecule has 5 nitrogen and oxygen atoms in total. The maximum atomic E-state index is 5.62. The number of aromatic nitrogens is 2. The highest BCUT2D eigenvalue weighted by Gasteiger charge is 2.29. The molecule has 2 aliphatic rings. The van der Waals surface area contributed by atoms with E-state index in [1.165, 1.54) is 17.9 Å². The Balaban J connectivity index is 1.59. The van der Waals surface area contributed by atoms with E-state index in [0.29, 0.717) is 6.04 Å². The number of nitrogens with zero attached hydrogens (tertiary/aromatic N) is 4. The second-order valence-electron chi connectivity index (χ2n) is 5.70. The summed E-state index contributed by atoms with van der Waals surface area (Å²) in [6, 6.07) is 6.46.